The molecule has 106 valence electrons. The lowest BCUT2D eigenvalue weighted by Gasteiger charge is -2.38. The third-order valence-electron chi connectivity index (χ3n) is 3.93. The van der Waals surface area contributed by atoms with E-state index in [1.807, 2.05) is 31.2 Å². The van der Waals surface area contributed by atoms with Crippen molar-refractivity contribution in [3.8, 4) is 0 Å². The molecule has 0 heterocycles. The Balaban J connectivity index is 2.40. The van der Waals surface area contributed by atoms with Crippen molar-refractivity contribution in [2.24, 2.45) is 0 Å². The van der Waals surface area contributed by atoms with Crippen LogP contribution in [0, 0.1) is 0 Å². The normalized spacial score (nSPS) is 17.9. The molecule has 2 nitrogen and oxygen atoms in total. The monoisotopic (exact) mass is 270 g/mol. The van der Waals surface area contributed by atoms with Crippen LogP contribution >= 0.6 is 0 Å². The van der Waals surface area contributed by atoms with Gasteiger partial charge in [-0.2, -0.15) is 0 Å². The van der Waals surface area contributed by atoms with Crippen LogP contribution in [0.3, 0.4) is 0 Å². The maximum atomic E-state index is 12.0. The number of carbonyl (C=O) groups excluding carboxylic acids is 1. The van der Waals surface area contributed by atoms with Gasteiger partial charge in [-0.3, -0.25) is 0 Å². The van der Waals surface area contributed by atoms with Crippen molar-refractivity contribution in [3.63, 3.8) is 0 Å². The molecule has 2 rings (SSSR count). The Hall–Kier alpha value is -1.83. The maximum absolute atomic E-state index is 12.0. The van der Waals surface area contributed by atoms with E-state index in [0.717, 1.165) is 36.8 Å². The van der Waals surface area contributed by atoms with E-state index in [-0.39, 0.29) is 5.97 Å². The molecule has 0 atom stereocenters. The molecular weight excluding hydrogens is 248 g/mol. The van der Waals surface area contributed by atoms with Gasteiger partial charge in [0.2, 0.25) is 0 Å². The van der Waals surface area contributed by atoms with Gasteiger partial charge in [0.25, 0.3) is 0 Å². The summed E-state index contributed by atoms with van der Waals surface area (Å²) in [7, 11) is 0. The highest BCUT2D eigenvalue weighted by Gasteiger charge is 2.38. The Morgan fingerprint density at radius 1 is 1.25 bits per heavy atom. The molecule has 2 heteroatoms. The second-order valence-corrected chi connectivity index (χ2v) is 5.27. The Morgan fingerprint density at radius 2 is 1.95 bits per heavy atom. The van der Waals surface area contributed by atoms with Crippen molar-refractivity contribution in [1.82, 2.24) is 0 Å². The highest BCUT2D eigenvalue weighted by atomic mass is 16.6. The quantitative estimate of drug-likeness (QED) is 0.590. The second-order valence-electron chi connectivity index (χ2n) is 5.27. The van der Waals surface area contributed by atoms with Crippen LogP contribution in [-0.2, 0) is 15.1 Å². The third kappa shape index (κ3) is 3.01. The fourth-order valence-electron chi connectivity index (χ4n) is 3.00. The molecule has 0 spiro atoms. The van der Waals surface area contributed by atoms with Crippen LogP contribution in [0.5, 0.6) is 0 Å². The summed E-state index contributed by atoms with van der Waals surface area (Å²) in [6, 6.07) is 8.08. The van der Waals surface area contributed by atoms with E-state index < -0.39 is 5.60 Å². The lowest BCUT2D eigenvalue weighted by Crippen LogP contribution is -2.35. The van der Waals surface area contributed by atoms with Crippen LogP contribution in [0.4, 0.5) is 0 Å². The fourth-order valence-corrected chi connectivity index (χ4v) is 3.00. The molecule has 0 amide bonds. The Morgan fingerprint density at radius 3 is 2.60 bits per heavy atom. The molecular formula is C18H22O2. The van der Waals surface area contributed by atoms with Crippen molar-refractivity contribution in [2.45, 2.75) is 44.6 Å². The Bertz CT molecular complexity index is 508. The van der Waals surface area contributed by atoms with Crippen molar-refractivity contribution in [3.05, 3.63) is 54.1 Å². The molecule has 1 aliphatic carbocycles. The number of hydrogen-bond donors (Lipinski definition) is 0. The number of carbonyl (C=O) groups is 1. The predicted octanol–water partition coefficient (Wildman–Crippen LogP) is 4.61. The summed E-state index contributed by atoms with van der Waals surface area (Å²) < 4.78 is 5.87. The molecule has 0 bridgehead atoms. The van der Waals surface area contributed by atoms with Gasteiger partial charge in [0.1, 0.15) is 5.60 Å². The number of hydrogen-bond acceptors (Lipinski definition) is 2. The first-order chi connectivity index (χ1) is 9.72. The molecule has 0 radical (unpaired) electrons. The van der Waals surface area contributed by atoms with Gasteiger partial charge in [-0.05, 0) is 38.2 Å². The van der Waals surface area contributed by atoms with Crippen LogP contribution in [0.25, 0.3) is 6.08 Å². The average Bonchev–Trinajstić information content (AvgIpc) is 2.48. The minimum atomic E-state index is -0.486. The largest absolute Gasteiger partial charge is 0.451 e. The number of benzene rings is 1. The number of ether oxygens (including phenoxy) is 1. The molecule has 0 aliphatic heterocycles. The zero-order valence-electron chi connectivity index (χ0n) is 12.1. The molecule has 0 unspecified atom stereocenters. The van der Waals surface area contributed by atoms with Crippen molar-refractivity contribution >= 4 is 12.0 Å². The van der Waals surface area contributed by atoms with Gasteiger partial charge in [-0.25, -0.2) is 4.79 Å². The van der Waals surface area contributed by atoms with E-state index in [1.165, 1.54) is 12.5 Å². The van der Waals surface area contributed by atoms with Crippen LogP contribution in [-0.4, -0.2) is 5.97 Å². The lowest BCUT2D eigenvalue weighted by atomic mass is 9.77. The summed E-state index contributed by atoms with van der Waals surface area (Å²) in [4.78, 5) is 12.0. The van der Waals surface area contributed by atoms with E-state index in [2.05, 4.69) is 12.6 Å². The summed E-state index contributed by atoms with van der Waals surface area (Å²) in [6.45, 7) is 5.70. The maximum Gasteiger partial charge on any atom is 0.331 e. The second kappa shape index (κ2) is 6.56. The number of esters is 1. The average molecular weight is 270 g/mol. The minimum absolute atomic E-state index is 0.256. The summed E-state index contributed by atoms with van der Waals surface area (Å²) in [5.74, 6) is -0.256. The summed E-state index contributed by atoms with van der Waals surface area (Å²) >= 11 is 0. The van der Waals surface area contributed by atoms with E-state index in [4.69, 9.17) is 4.74 Å². The third-order valence-corrected chi connectivity index (χ3v) is 3.93. The zero-order valence-corrected chi connectivity index (χ0v) is 12.1. The van der Waals surface area contributed by atoms with Crippen LogP contribution in [0.1, 0.15) is 50.2 Å². The molecule has 1 aliphatic rings. The first kappa shape index (κ1) is 14.6. The minimum Gasteiger partial charge on any atom is -0.451 e. The Kier molecular flexibility index (Phi) is 4.78. The summed E-state index contributed by atoms with van der Waals surface area (Å²) in [5, 5.41) is 0. The van der Waals surface area contributed by atoms with Gasteiger partial charge in [-0.1, -0.05) is 49.4 Å². The van der Waals surface area contributed by atoms with Crippen LogP contribution < -0.4 is 0 Å². The highest BCUT2D eigenvalue weighted by molar-refractivity contribution is 5.82. The van der Waals surface area contributed by atoms with E-state index >= 15 is 0 Å². The van der Waals surface area contributed by atoms with Gasteiger partial charge in [0, 0.05) is 11.6 Å². The number of allylic oxidation sites excluding steroid dienone is 1. The molecule has 0 N–H and O–H groups in total. The van der Waals surface area contributed by atoms with Gasteiger partial charge >= 0.3 is 5.97 Å². The van der Waals surface area contributed by atoms with E-state index in [9.17, 15) is 4.79 Å². The number of rotatable bonds is 4. The van der Waals surface area contributed by atoms with Crippen LogP contribution in [0.2, 0.25) is 0 Å². The summed E-state index contributed by atoms with van der Waals surface area (Å²) in [5.41, 5.74) is 1.66. The van der Waals surface area contributed by atoms with Crippen LogP contribution in [0.15, 0.2) is 43.0 Å². The van der Waals surface area contributed by atoms with Crippen molar-refractivity contribution < 1.29 is 9.53 Å². The van der Waals surface area contributed by atoms with Gasteiger partial charge < -0.3 is 4.74 Å². The van der Waals surface area contributed by atoms with Crippen molar-refractivity contribution in [2.75, 3.05) is 0 Å². The standard InChI is InChI=1S/C18H22O2/c1-3-10-17(19)20-18(13-8-5-9-14-18)16-12-7-6-11-15(16)4-2/h3-4,6-7,10-12H,2,5,8-9,13-14H2,1H3/b10-3+. The molecule has 1 aromatic rings. The topological polar surface area (TPSA) is 26.3 Å². The Labute approximate surface area is 121 Å². The first-order valence-corrected chi connectivity index (χ1v) is 7.29. The molecule has 20 heavy (non-hydrogen) atoms. The smallest absolute Gasteiger partial charge is 0.331 e. The molecule has 1 fully saturated rings. The first-order valence-electron chi connectivity index (χ1n) is 7.29. The SMILES string of the molecule is C=Cc1ccccc1C1(OC(=O)/C=C/C)CCCCC1. The molecule has 1 saturated carbocycles. The predicted molar refractivity (Wildman–Crippen MR) is 82.2 cm³/mol. The fraction of sp³-hybridized carbons (Fsp3) is 0.389. The van der Waals surface area contributed by atoms with Gasteiger partial charge in [0.15, 0.2) is 0 Å². The highest BCUT2D eigenvalue weighted by Crippen LogP contribution is 2.42. The molecule has 0 aromatic heterocycles. The zero-order chi connectivity index (χ0) is 14.4. The van der Waals surface area contributed by atoms with Gasteiger partial charge in [0.05, 0.1) is 0 Å². The lowest BCUT2D eigenvalue weighted by molar-refractivity contribution is -0.158. The summed E-state index contributed by atoms with van der Waals surface area (Å²) in [6.07, 6.45) is 10.2. The van der Waals surface area contributed by atoms with E-state index in [0.29, 0.717) is 0 Å². The van der Waals surface area contributed by atoms with E-state index in [1.54, 1.807) is 6.08 Å². The molecule has 0 saturated heterocycles. The van der Waals surface area contributed by atoms with Gasteiger partial charge in [-0.15, -0.1) is 0 Å². The van der Waals surface area contributed by atoms with Crippen molar-refractivity contribution in [1.29, 1.82) is 0 Å². The molecule has 1 aromatic carbocycles.